The Balaban J connectivity index is 2.21. The van der Waals surface area contributed by atoms with Crippen molar-refractivity contribution in [3.63, 3.8) is 0 Å². The monoisotopic (exact) mass is 334 g/mol. The fourth-order valence-corrected chi connectivity index (χ4v) is 2.98. The lowest BCUT2D eigenvalue weighted by Crippen LogP contribution is -2.14. The lowest BCUT2D eigenvalue weighted by Gasteiger charge is -2.12. The minimum Gasteiger partial charge on any atom is -0.491 e. The highest BCUT2D eigenvalue weighted by Gasteiger charge is 2.69. The van der Waals surface area contributed by atoms with E-state index >= 15 is 0 Å². The van der Waals surface area contributed by atoms with Crippen LogP contribution in [0, 0.1) is 40.0 Å². The zero-order valence-electron chi connectivity index (χ0n) is 13.5. The van der Waals surface area contributed by atoms with Crippen LogP contribution in [0.25, 0.3) is 0 Å². The normalized spacial score (nSPS) is 18.7. The zero-order valence-corrected chi connectivity index (χ0v) is 13.5. The van der Waals surface area contributed by atoms with E-state index in [1.807, 2.05) is 27.7 Å². The second-order valence-electron chi connectivity index (χ2n) is 6.75. The molecule has 1 aromatic rings. The average Bonchev–Trinajstić information content (AvgIpc) is 2.87. The SMILES string of the molecule is COc1c(F)c(F)c(COC(=O)C2C(C)(C)C2(C)C)c(F)c1F. The first-order chi connectivity index (χ1) is 10.5. The Morgan fingerprint density at radius 1 is 0.957 bits per heavy atom. The maximum atomic E-state index is 13.8. The maximum Gasteiger partial charge on any atom is 0.310 e. The molecule has 1 saturated carbocycles. The number of rotatable bonds is 4. The summed E-state index contributed by atoms with van der Waals surface area (Å²) in [4.78, 5) is 12.0. The smallest absolute Gasteiger partial charge is 0.310 e. The third-order valence-electron chi connectivity index (χ3n) is 5.13. The van der Waals surface area contributed by atoms with E-state index < -0.39 is 53.1 Å². The lowest BCUT2D eigenvalue weighted by molar-refractivity contribution is -0.148. The summed E-state index contributed by atoms with van der Waals surface area (Å²) in [5, 5.41) is 0. The highest BCUT2D eigenvalue weighted by molar-refractivity contribution is 5.78. The standard InChI is InChI=1S/C16H18F4O3/c1-15(2)13(16(15,3)4)14(21)23-6-7-8(17)10(19)12(22-5)11(20)9(7)18/h13H,6H2,1-5H3. The van der Waals surface area contributed by atoms with Gasteiger partial charge in [-0.2, -0.15) is 8.78 Å². The van der Waals surface area contributed by atoms with Gasteiger partial charge in [-0.15, -0.1) is 0 Å². The predicted molar refractivity (Wildman–Crippen MR) is 73.7 cm³/mol. The van der Waals surface area contributed by atoms with E-state index in [2.05, 4.69) is 4.74 Å². The van der Waals surface area contributed by atoms with Gasteiger partial charge < -0.3 is 9.47 Å². The summed E-state index contributed by atoms with van der Waals surface area (Å²) in [6.07, 6.45) is 0. The fourth-order valence-electron chi connectivity index (χ4n) is 2.98. The van der Waals surface area contributed by atoms with Crippen molar-refractivity contribution in [2.24, 2.45) is 16.7 Å². The summed E-state index contributed by atoms with van der Waals surface area (Å²) in [6, 6.07) is 0. The number of ether oxygens (including phenoxy) is 2. The van der Waals surface area contributed by atoms with Gasteiger partial charge in [0, 0.05) is 0 Å². The van der Waals surface area contributed by atoms with Gasteiger partial charge in [-0.05, 0) is 10.8 Å². The first kappa shape index (κ1) is 17.6. The van der Waals surface area contributed by atoms with Gasteiger partial charge in [0.1, 0.15) is 6.61 Å². The fraction of sp³-hybridized carbons (Fsp3) is 0.562. The van der Waals surface area contributed by atoms with E-state index in [1.54, 1.807) is 0 Å². The van der Waals surface area contributed by atoms with Crippen molar-refractivity contribution in [1.29, 1.82) is 0 Å². The van der Waals surface area contributed by atoms with Crippen LogP contribution in [0.3, 0.4) is 0 Å². The number of carbonyl (C=O) groups excluding carboxylic acids is 1. The number of hydrogen-bond acceptors (Lipinski definition) is 3. The second-order valence-corrected chi connectivity index (χ2v) is 6.75. The van der Waals surface area contributed by atoms with Crippen molar-refractivity contribution in [1.82, 2.24) is 0 Å². The summed E-state index contributed by atoms with van der Waals surface area (Å²) in [5.41, 5.74) is -1.62. The Labute approximate surface area is 131 Å². The van der Waals surface area contributed by atoms with Gasteiger partial charge in [0.15, 0.2) is 17.4 Å². The molecule has 0 spiro atoms. The van der Waals surface area contributed by atoms with Crippen molar-refractivity contribution >= 4 is 5.97 Å². The molecule has 7 heteroatoms. The van der Waals surface area contributed by atoms with Gasteiger partial charge in [0.05, 0.1) is 18.6 Å². The number of benzene rings is 1. The number of halogens is 4. The number of carbonyl (C=O) groups is 1. The van der Waals surface area contributed by atoms with Crippen LogP contribution in [-0.4, -0.2) is 13.1 Å². The minimum absolute atomic E-state index is 0.322. The molecule has 0 aliphatic heterocycles. The van der Waals surface area contributed by atoms with Crippen molar-refractivity contribution in [2.45, 2.75) is 34.3 Å². The third kappa shape index (κ3) is 2.46. The summed E-state index contributed by atoms with van der Waals surface area (Å²) in [6.45, 7) is 6.58. The van der Waals surface area contributed by atoms with E-state index in [1.165, 1.54) is 0 Å². The van der Waals surface area contributed by atoms with Crippen LogP contribution in [0.5, 0.6) is 5.75 Å². The van der Waals surface area contributed by atoms with E-state index in [4.69, 9.17) is 4.74 Å². The van der Waals surface area contributed by atoms with Gasteiger partial charge in [0.2, 0.25) is 11.6 Å². The molecule has 1 fully saturated rings. The molecule has 0 unspecified atom stereocenters. The summed E-state index contributed by atoms with van der Waals surface area (Å²) in [5.74, 6) is -8.86. The highest BCUT2D eigenvalue weighted by atomic mass is 19.2. The van der Waals surface area contributed by atoms with E-state index in [0.29, 0.717) is 0 Å². The van der Waals surface area contributed by atoms with E-state index in [0.717, 1.165) is 7.11 Å². The molecule has 0 aromatic heterocycles. The minimum atomic E-state index is -1.66. The Bertz CT molecular complexity index is 625. The molecule has 0 heterocycles. The Kier molecular flexibility index (Phi) is 4.11. The van der Waals surface area contributed by atoms with Crippen LogP contribution in [-0.2, 0) is 16.1 Å². The van der Waals surface area contributed by atoms with Crippen molar-refractivity contribution in [2.75, 3.05) is 7.11 Å². The van der Waals surface area contributed by atoms with Crippen molar-refractivity contribution in [3.8, 4) is 5.75 Å². The number of hydrogen-bond donors (Lipinski definition) is 0. The lowest BCUT2D eigenvalue weighted by atomic mass is 10.0. The molecule has 1 aliphatic rings. The van der Waals surface area contributed by atoms with E-state index in [-0.39, 0.29) is 10.8 Å². The number of methoxy groups -OCH3 is 1. The Morgan fingerprint density at radius 2 is 1.39 bits per heavy atom. The Hall–Kier alpha value is -1.79. The van der Waals surface area contributed by atoms with Crippen molar-refractivity contribution in [3.05, 3.63) is 28.8 Å². The van der Waals surface area contributed by atoms with E-state index in [9.17, 15) is 22.4 Å². The molecule has 0 radical (unpaired) electrons. The van der Waals surface area contributed by atoms with Crippen molar-refractivity contribution < 1.29 is 31.8 Å². The van der Waals surface area contributed by atoms with Crippen LogP contribution < -0.4 is 4.74 Å². The molecule has 0 atom stereocenters. The summed E-state index contributed by atoms with van der Waals surface area (Å²) < 4.78 is 64.0. The third-order valence-corrected chi connectivity index (χ3v) is 5.13. The van der Waals surface area contributed by atoms with Gasteiger partial charge in [-0.1, -0.05) is 27.7 Å². The Morgan fingerprint density at radius 3 is 1.74 bits per heavy atom. The quantitative estimate of drug-likeness (QED) is 0.475. The van der Waals surface area contributed by atoms with Crippen LogP contribution in [0.15, 0.2) is 0 Å². The molecule has 0 N–H and O–H groups in total. The van der Waals surface area contributed by atoms with Crippen LogP contribution >= 0.6 is 0 Å². The van der Waals surface area contributed by atoms with Crippen LogP contribution in [0.1, 0.15) is 33.3 Å². The van der Waals surface area contributed by atoms with Gasteiger partial charge >= 0.3 is 5.97 Å². The van der Waals surface area contributed by atoms with Crippen LogP contribution in [0.2, 0.25) is 0 Å². The zero-order chi connectivity index (χ0) is 17.7. The molecule has 0 amide bonds. The molecule has 23 heavy (non-hydrogen) atoms. The molecular formula is C16H18F4O3. The first-order valence-electron chi connectivity index (χ1n) is 7.03. The van der Waals surface area contributed by atoms with Gasteiger partial charge in [0.25, 0.3) is 0 Å². The molecule has 0 bridgehead atoms. The molecule has 0 saturated heterocycles. The van der Waals surface area contributed by atoms with Gasteiger partial charge in [-0.3, -0.25) is 4.79 Å². The largest absolute Gasteiger partial charge is 0.491 e. The molecule has 3 nitrogen and oxygen atoms in total. The molecule has 1 aliphatic carbocycles. The predicted octanol–water partition coefficient (Wildman–Crippen LogP) is 3.98. The topological polar surface area (TPSA) is 35.5 Å². The summed E-state index contributed by atoms with van der Waals surface area (Å²) >= 11 is 0. The van der Waals surface area contributed by atoms with Crippen LogP contribution in [0.4, 0.5) is 17.6 Å². The molecule has 1 aromatic carbocycles. The molecule has 2 rings (SSSR count). The summed E-state index contributed by atoms with van der Waals surface area (Å²) in [7, 11) is 0.886. The second kappa shape index (κ2) is 5.39. The highest BCUT2D eigenvalue weighted by Crippen LogP contribution is 2.68. The maximum absolute atomic E-state index is 13.8. The number of esters is 1. The molecule has 128 valence electrons. The van der Waals surface area contributed by atoms with Gasteiger partial charge in [-0.25, -0.2) is 8.78 Å². The average molecular weight is 334 g/mol. The first-order valence-corrected chi connectivity index (χ1v) is 7.03. The molecular weight excluding hydrogens is 316 g/mol.